The molecule has 1 aromatic heterocycles. The predicted molar refractivity (Wildman–Crippen MR) is 127 cm³/mol. The lowest BCUT2D eigenvalue weighted by atomic mass is 10.0. The van der Waals surface area contributed by atoms with E-state index < -0.39 is 29.8 Å². The molecule has 2 atom stereocenters. The van der Waals surface area contributed by atoms with Crippen LogP contribution in [0, 0.1) is 5.82 Å². The lowest BCUT2D eigenvalue weighted by Crippen LogP contribution is -2.42. The number of Topliss-reactive ketones (excluding diaryl/α,β-unsaturated/α-hetero) is 1. The summed E-state index contributed by atoms with van der Waals surface area (Å²) in [5.74, 6) is -1.56. The number of primary amides is 1. The van der Waals surface area contributed by atoms with Gasteiger partial charge >= 0.3 is 0 Å². The van der Waals surface area contributed by atoms with Crippen molar-refractivity contribution < 1.29 is 27.9 Å². The number of hydrogen-bond donors (Lipinski definition) is 1. The Morgan fingerprint density at radius 3 is 2.71 bits per heavy atom. The maximum Gasteiger partial charge on any atom is 0.250 e. The number of nitrogens with two attached hydrogens (primary N) is 1. The number of likely N-dealkylation sites (tertiary alicyclic amines) is 1. The van der Waals surface area contributed by atoms with E-state index in [1.807, 2.05) is 0 Å². The van der Waals surface area contributed by atoms with Gasteiger partial charge in [0.15, 0.2) is 5.78 Å². The number of carbonyl (C=O) groups is 3. The van der Waals surface area contributed by atoms with Gasteiger partial charge in [0.25, 0.3) is 5.91 Å². The van der Waals surface area contributed by atoms with E-state index in [-0.39, 0.29) is 54.3 Å². The van der Waals surface area contributed by atoms with Gasteiger partial charge in [-0.25, -0.2) is 8.78 Å². The summed E-state index contributed by atoms with van der Waals surface area (Å²) in [6.07, 6.45) is 0.0383. The Balaban J connectivity index is 1.52. The Morgan fingerprint density at radius 2 is 2.00 bits per heavy atom. The van der Waals surface area contributed by atoms with E-state index in [2.05, 4.69) is 0 Å². The first-order chi connectivity index (χ1) is 16.7. The van der Waals surface area contributed by atoms with Gasteiger partial charge in [0.1, 0.15) is 24.3 Å². The van der Waals surface area contributed by atoms with Crippen LogP contribution in [0.1, 0.15) is 28.8 Å². The summed E-state index contributed by atoms with van der Waals surface area (Å²) in [4.78, 5) is 39.2. The normalized spacial score (nSPS) is 17.7. The molecule has 0 aliphatic carbocycles. The van der Waals surface area contributed by atoms with Gasteiger partial charge in [-0.05, 0) is 36.2 Å². The Morgan fingerprint density at radius 1 is 1.23 bits per heavy atom. The fourth-order valence-corrected chi connectivity index (χ4v) is 4.69. The molecule has 2 N–H and O–H groups in total. The number of amides is 2. The number of aromatic nitrogens is 1. The maximum atomic E-state index is 14.3. The molecule has 1 saturated heterocycles. The van der Waals surface area contributed by atoms with E-state index >= 15 is 0 Å². The summed E-state index contributed by atoms with van der Waals surface area (Å²) in [5.41, 5.74) is 6.57. The first-order valence-corrected chi connectivity index (χ1v) is 11.4. The third kappa shape index (κ3) is 5.00. The van der Waals surface area contributed by atoms with Gasteiger partial charge in [0.2, 0.25) is 5.91 Å². The van der Waals surface area contributed by atoms with Crippen molar-refractivity contribution in [3.63, 3.8) is 0 Å². The van der Waals surface area contributed by atoms with E-state index in [0.717, 1.165) is 0 Å². The molecule has 1 fully saturated rings. The van der Waals surface area contributed by atoms with Crippen LogP contribution in [0.25, 0.3) is 10.9 Å². The minimum atomic E-state index is -1.34. The van der Waals surface area contributed by atoms with Crippen LogP contribution >= 0.6 is 11.6 Å². The minimum absolute atomic E-state index is 0.0386. The largest absolute Gasteiger partial charge is 0.497 e. The van der Waals surface area contributed by atoms with Crippen LogP contribution in [0.5, 0.6) is 5.75 Å². The maximum absolute atomic E-state index is 14.3. The highest BCUT2D eigenvalue weighted by atomic mass is 35.5. The van der Waals surface area contributed by atoms with E-state index in [9.17, 15) is 23.2 Å². The number of carbonyl (C=O) groups excluding carboxylic acids is 3. The van der Waals surface area contributed by atoms with E-state index in [1.54, 1.807) is 28.8 Å². The number of ether oxygens (including phenoxy) is 1. The molecule has 1 aliphatic heterocycles. The minimum Gasteiger partial charge on any atom is -0.497 e. The number of halogens is 3. The number of hydrogen-bond acceptors (Lipinski definition) is 4. The molecule has 0 saturated carbocycles. The summed E-state index contributed by atoms with van der Waals surface area (Å²) >= 11 is 5.80. The molecule has 184 valence electrons. The fourth-order valence-electron chi connectivity index (χ4n) is 4.50. The molecule has 2 amide bonds. The number of alkyl halides is 1. The first-order valence-electron chi connectivity index (χ1n) is 11.1. The molecule has 1 aliphatic rings. The lowest BCUT2D eigenvalue weighted by molar-refractivity contribution is -0.138. The van der Waals surface area contributed by atoms with Gasteiger partial charge in [-0.15, -0.1) is 0 Å². The number of benzene rings is 2. The monoisotopic (exact) mass is 503 g/mol. The van der Waals surface area contributed by atoms with Crippen molar-refractivity contribution in [2.75, 3.05) is 13.7 Å². The van der Waals surface area contributed by atoms with Crippen LogP contribution in [0.2, 0.25) is 5.02 Å². The molecular weight excluding hydrogens is 480 g/mol. The zero-order chi connectivity index (χ0) is 25.3. The molecule has 0 unspecified atom stereocenters. The van der Waals surface area contributed by atoms with Crippen LogP contribution in [-0.4, -0.2) is 52.9 Å². The van der Waals surface area contributed by atoms with Gasteiger partial charge in [0.05, 0.1) is 30.3 Å². The van der Waals surface area contributed by atoms with E-state index in [4.69, 9.17) is 22.1 Å². The Kier molecular flexibility index (Phi) is 7.07. The molecule has 35 heavy (non-hydrogen) atoms. The third-order valence-electron chi connectivity index (χ3n) is 6.27. The number of aryl methyl sites for hydroxylation is 1. The van der Waals surface area contributed by atoms with E-state index in [1.165, 1.54) is 30.3 Å². The van der Waals surface area contributed by atoms with Crippen LogP contribution in [0.15, 0.2) is 42.6 Å². The van der Waals surface area contributed by atoms with Crippen molar-refractivity contribution >= 4 is 40.1 Å². The van der Waals surface area contributed by atoms with Crippen molar-refractivity contribution in [3.8, 4) is 5.75 Å². The summed E-state index contributed by atoms with van der Waals surface area (Å²) in [7, 11) is 1.49. The molecule has 0 spiro atoms. The molecule has 4 rings (SSSR count). The Bertz CT molecular complexity index is 1310. The Hall–Kier alpha value is -3.46. The van der Waals surface area contributed by atoms with Crippen LogP contribution in [0.4, 0.5) is 8.78 Å². The highest BCUT2D eigenvalue weighted by Crippen LogP contribution is 2.28. The second-order valence-electron chi connectivity index (χ2n) is 8.49. The summed E-state index contributed by atoms with van der Waals surface area (Å²) in [5, 5.41) is 0.481. The van der Waals surface area contributed by atoms with Gasteiger partial charge < -0.3 is 19.9 Å². The Labute approximate surface area is 205 Å². The molecular formula is C25H24ClF2N3O4. The van der Waals surface area contributed by atoms with Crippen molar-refractivity contribution in [3.05, 3.63) is 64.6 Å². The van der Waals surface area contributed by atoms with Gasteiger partial charge in [-0.3, -0.25) is 14.4 Å². The molecule has 7 nitrogen and oxygen atoms in total. The highest BCUT2D eigenvalue weighted by molar-refractivity contribution is 6.30. The van der Waals surface area contributed by atoms with E-state index in [0.29, 0.717) is 16.7 Å². The van der Waals surface area contributed by atoms with Crippen molar-refractivity contribution in [2.45, 2.75) is 38.0 Å². The standard InChI is InChI=1S/C25H24ClF2N3O4/c1-35-16-6-7-20-17(10-16)18(25(29)34)12-30(20)13-23(33)31-11-15(27)9-21(31)22(32)8-5-14-3-2-4-19(26)24(14)28/h2-4,6-7,10,12,15,21H,5,8-9,11,13H2,1H3,(H2,29,34)/t15-,21+/m1/s1. The summed E-state index contributed by atoms with van der Waals surface area (Å²) in [6.45, 7) is -0.425. The highest BCUT2D eigenvalue weighted by Gasteiger charge is 2.39. The second-order valence-corrected chi connectivity index (χ2v) is 8.90. The number of methoxy groups -OCH3 is 1. The molecule has 2 aromatic carbocycles. The summed E-state index contributed by atoms with van der Waals surface area (Å²) in [6, 6.07) is 8.61. The van der Waals surface area contributed by atoms with Crippen molar-refractivity contribution in [2.24, 2.45) is 5.73 Å². The fraction of sp³-hybridized carbons (Fsp3) is 0.320. The average molecular weight is 504 g/mol. The zero-order valence-electron chi connectivity index (χ0n) is 19.0. The van der Waals surface area contributed by atoms with Gasteiger partial charge in [-0.2, -0.15) is 0 Å². The van der Waals surface area contributed by atoms with Crippen LogP contribution < -0.4 is 10.5 Å². The lowest BCUT2D eigenvalue weighted by Gasteiger charge is -2.24. The molecule has 10 heteroatoms. The second kappa shape index (κ2) is 10.0. The average Bonchev–Trinajstić information content (AvgIpc) is 3.40. The summed E-state index contributed by atoms with van der Waals surface area (Å²) < 4.78 is 35.2. The number of fused-ring (bicyclic) bond motifs is 1. The number of ketones is 1. The molecule has 2 heterocycles. The molecule has 0 bridgehead atoms. The number of rotatable bonds is 8. The SMILES string of the molecule is COc1ccc2c(c1)c(C(N)=O)cn2CC(=O)N1C[C@H](F)C[C@H]1C(=O)CCc1cccc(Cl)c1F. The number of nitrogens with zero attached hydrogens (tertiary/aromatic N) is 2. The third-order valence-corrected chi connectivity index (χ3v) is 6.57. The first kappa shape index (κ1) is 24.7. The smallest absolute Gasteiger partial charge is 0.250 e. The van der Waals surface area contributed by atoms with Crippen LogP contribution in [-0.2, 0) is 22.6 Å². The van der Waals surface area contributed by atoms with Gasteiger partial charge in [0, 0.05) is 29.9 Å². The zero-order valence-corrected chi connectivity index (χ0v) is 19.7. The predicted octanol–water partition coefficient (Wildman–Crippen LogP) is 3.68. The van der Waals surface area contributed by atoms with Crippen LogP contribution in [0.3, 0.4) is 0 Å². The van der Waals surface area contributed by atoms with Crippen molar-refractivity contribution in [1.82, 2.24) is 9.47 Å². The quantitative estimate of drug-likeness (QED) is 0.507. The van der Waals surface area contributed by atoms with Gasteiger partial charge in [-0.1, -0.05) is 23.7 Å². The molecule has 0 radical (unpaired) electrons. The molecule has 3 aromatic rings. The van der Waals surface area contributed by atoms with Crippen molar-refractivity contribution in [1.29, 1.82) is 0 Å². The topological polar surface area (TPSA) is 94.6 Å².